The Morgan fingerprint density at radius 3 is 2.35 bits per heavy atom. The first-order valence-corrected chi connectivity index (χ1v) is 6.90. The maximum Gasteiger partial charge on any atom is 0.339 e. The van der Waals surface area contributed by atoms with Crippen LogP contribution in [0.25, 0.3) is 0 Å². The Hall–Kier alpha value is -2.64. The van der Waals surface area contributed by atoms with Gasteiger partial charge >= 0.3 is 12.0 Å². The number of methoxy groups -OCH3 is 1. The van der Waals surface area contributed by atoms with Crippen LogP contribution in [-0.4, -0.2) is 37.2 Å². The van der Waals surface area contributed by atoms with E-state index in [0.717, 1.165) is 6.07 Å². The average molecular weight is 326 g/mol. The van der Waals surface area contributed by atoms with Gasteiger partial charge in [-0.1, -0.05) is 0 Å². The quantitative estimate of drug-likeness (QED) is 0.802. The number of hydrogen-bond acceptors (Lipinski definition) is 5. The van der Waals surface area contributed by atoms with E-state index in [9.17, 15) is 18.8 Å². The van der Waals surface area contributed by atoms with E-state index < -0.39 is 29.8 Å². The van der Waals surface area contributed by atoms with Gasteiger partial charge in [-0.05, 0) is 39.0 Å². The van der Waals surface area contributed by atoms with Crippen LogP contribution in [-0.2, 0) is 9.53 Å². The molecule has 2 N–H and O–H groups in total. The first kappa shape index (κ1) is 18.4. The van der Waals surface area contributed by atoms with Gasteiger partial charge in [-0.3, -0.25) is 10.1 Å². The smallest absolute Gasteiger partial charge is 0.339 e. The van der Waals surface area contributed by atoms with Gasteiger partial charge in [0, 0.05) is 6.04 Å². The van der Waals surface area contributed by atoms with E-state index in [4.69, 9.17) is 9.47 Å². The number of nitrogens with one attached hydrogen (secondary N) is 2. The summed E-state index contributed by atoms with van der Waals surface area (Å²) < 4.78 is 23.2. The predicted octanol–water partition coefficient (Wildman–Crippen LogP) is 1.61. The molecule has 23 heavy (non-hydrogen) atoms. The summed E-state index contributed by atoms with van der Waals surface area (Å²) in [7, 11) is 1.30. The third kappa shape index (κ3) is 5.57. The van der Waals surface area contributed by atoms with Gasteiger partial charge in [0.2, 0.25) is 0 Å². The lowest BCUT2D eigenvalue weighted by Gasteiger charge is -2.14. The van der Waals surface area contributed by atoms with Crippen molar-refractivity contribution < 1.29 is 28.2 Å². The van der Waals surface area contributed by atoms with Crippen molar-refractivity contribution in [3.63, 3.8) is 0 Å². The third-order valence-corrected chi connectivity index (χ3v) is 2.70. The van der Waals surface area contributed by atoms with Gasteiger partial charge in [-0.2, -0.15) is 0 Å². The zero-order chi connectivity index (χ0) is 17.6. The zero-order valence-corrected chi connectivity index (χ0v) is 13.3. The lowest BCUT2D eigenvalue weighted by Crippen LogP contribution is -2.46. The number of carbonyl (C=O) groups is 3. The van der Waals surface area contributed by atoms with Crippen LogP contribution in [0, 0.1) is 5.82 Å². The molecule has 0 unspecified atom stereocenters. The summed E-state index contributed by atoms with van der Waals surface area (Å²) >= 11 is 0. The molecule has 0 saturated carbocycles. The topological polar surface area (TPSA) is 93.7 Å². The van der Waals surface area contributed by atoms with E-state index in [1.807, 2.05) is 5.32 Å². The summed E-state index contributed by atoms with van der Waals surface area (Å²) in [5, 5.41) is 4.50. The molecular formula is C15H19FN2O5. The summed E-state index contributed by atoms with van der Waals surface area (Å²) in [6.45, 7) is 4.76. The maximum absolute atomic E-state index is 13.5. The fourth-order valence-corrected chi connectivity index (χ4v) is 1.59. The number of rotatable bonds is 5. The van der Waals surface area contributed by atoms with E-state index in [0.29, 0.717) is 0 Å². The summed E-state index contributed by atoms with van der Waals surface area (Å²) in [6, 6.07) is 2.68. The Morgan fingerprint density at radius 2 is 1.83 bits per heavy atom. The Labute approximate surface area is 133 Å². The number of carbonyl (C=O) groups excluding carboxylic acids is 3. The standard InChI is InChI=1S/C15H19FN2O5/c1-8(2)17-15(21)18-13(19)9(3)23-14(20)10-5-6-12(22-4)11(16)7-10/h5-9H,1-4H3,(H2,17,18,19,21)/t9-/m0/s1. The SMILES string of the molecule is COc1ccc(C(=O)O[C@@H](C)C(=O)NC(=O)NC(C)C)cc1F. The molecule has 1 atom stereocenters. The highest BCUT2D eigenvalue weighted by Gasteiger charge is 2.21. The molecular weight excluding hydrogens is 307 g/mol. The van der Waals surface area contributed by atoms with Crippen molar-refractivity contribution in [2.75, 3.05) is 7.11 Å². The van der Waals surface area contributed by atoms with Crippen molar-refractivity contribution in [1.82, 2.24) is 10.6 Å². The molecule has 7 nitrogen and oxygen atoms in total. The minimum atomic E-state index is -1.22. The van der Waals surface area contributed by atoms with Crippen molar-refractivity contribution in [2.24, 2.45) is 0 Å². The molecule has 0 aliphatic carbocycles. The van der Waals surface area contributed by atoms with Crippen LogP contribution >= 0.6 is 0 Å². The number of hydrogen-bond donors (Lipinski definition) is 2. The van der Waals surface area contributed by atoms with Crippen molar-refractivity contribution in [2.45, 2.75) is 32.9 Å². The third-order valence-electron chi connectivity index (χ3n) is 2.70. The van der Waals surface area contributed by atoms with Gasteiger partial charge in [0.15, 0.2) is 17.7 Å². The fourth-order valence-electron chi connectivity index (χ4n) is 1.59. The van der Waals surface area contributed by atoms with E-state index in [-0.39, 0.29) is 17.4 Å². The van der Waals surface area contributed by atoms with Crippen LogP contribution in [0.15, 0.2) is 18.2 Å². The van der Waals surface area contributed by atoms with E-state index in [1.165, 1.54) is 26.2 Å². The number of imide groups is 1. The number of benzene rings is 1. The highest BCUT2D eigenvalue weighted by Crippen LogP contribution is 2.18. The fraction of sp³-hybridized carbons (Fsp3) is 0.400. The summed E-state index contributed by atoms with van der Waals surface area (Å²) in [5.74, 6) is -2.42. The molecule has 0 aromatic heterocycles. The van der Waals surface area contributed by atoms with Gasteiger partial charge in [0.25, 0.3) is 5.91 Å². The average Bonchev–Trinajstić information content (AvgIpc) is 2.45. The molecule has 0 bridgehead atoms. The van der Waals surface area contributed by atoms with E-state index in [2.05, 4.69) is 5.32 Å². The first-order valence-electron chi connectivity index (χ1n) is 6.90. The van der Waals surface area contributed by atoms with Gasteiger partial charge in [-0.15, -0.1) is 0 Å². The van der Waals surface area contributed by atoms with Crippen LogP contribution in [0.3, 0.4) is 0 Å². The van der Waals surface area contributed by atoms with E-state index >= 15 is 0 Å². The van der Waals surface area contributed by atoms with Crippen molar-refractivity contribution in [3.8, 4) is 5.75 Å². The molecule has 0 fully saturated rings. The molecule has 3 amide bonds. The van der Waals surface area contributed by atoms with Gasteiger partial charge in [0.1, 0.15) is 0 Å². The normalized spacial score (nSPS) is 11.6. The lowest BCUT2D eigenvalue weighted by atomic mass is 10.2. The van der Waals surface area contributed by atoms with Crippen LogP contribution in [0.1, 0.15) is 31.1 Å². The second-order valence-corrected chi connectivity index (χ2v) is 5.01. The number of esters is 1. The van der Waals surface area contributed by atoms with Crippen LogP contribution in [0.5, 0.6) is 5.75 Å². The van der Waals surface area contributed by atoms with Gasteiger partial charge in [0.05, 0.1) is 12.7 Å². The number of halogens is 1. The van der Waals surface area contributed by atoms with Crippen LogP contribution < -0.4 is 15.4 Å². The number of amides is 3. The minimum absolute atomic E-state index is 0.0160. The van der Waals surface area contributed by atoms with Crippen molar-refractivity contribution >= 4 is 17.9 Å². The molecule has 0 aliphatic rings. The van der Waals surface area contributed by atoms with Crippen molar-refractivity contribution in [3.05, 3.63) is 29.6 Å². The molecule has 0 radical (unpaired) electrons. The summed E-state index contributed by atoms with van der Waals surface area (Å²) in [6.07, 6.45) is -1.22. The van der Waals surface area contributed by atoms with E-state index in [1.54, 1.807) is 13.8 Å². The summed E-state index contributed by atoms with van der Waals surface area (Å²) in [5.41, 5.74) is -0.0745. The largest absolute Gasteiger partial charge is 0.494 e. The second kappa shape index (κ2) is 8.11. The number of urea groups is 1. The predicted molar refractivity (Wildman–Crippen MR) is 79.6 cm³/mol. The summed E-state index contributed by atoms with van der Waals surface area (Å²) in [4.78, 5) is 35.0. The Bertz CT molecular complexity index is 604. The van der Waals surface area contributed by atoms with Crippen molar-refractivity contribution in [1.29, 1.82) is 0 Å². The van der Waals surface area contributed by atoms with Gasteiger partial charge < -0.3 is 14.8 Å². The molecule has 0 heterocycles. The Kier molecular flexibility index (Phi) is 6.49. The molecule has 1 aromatic carbocycles. The molecule has 8 heteroatoms. The van der Waals surface area contributed by atoms with Crippen LogP contribution in [0.4, 0.5) is 9.18 Å². The highest BCUT2D eigenvalue weighted by molar-refractivity contribution is 5.98. The molecule has 0 aliphatic heterocycles. The molecule has 1 aromatic rings. The molecule has 0 saturated heterocycles. The first-order chi connectivity index (χ1) is 10.7. The maximum atomic E-state index is 13.5. The molecule has 126 valence electrons. The number of ether oxygens (including phenoxy) is 2. The van der Waals surface area contributed by atoms with Crippen LogP contribution in [0.2, 0.25) is 0 Å². The Morgan fingerprint density at radius 1 is 1.17 bits per heavy atom. The Balaban J connectivity index is 2.64. The molecule has 0 spiro atoms. The lowest BCUT2D eigenvalue weighted by molar-refractivity contribution is -0.127. The minimum Gasteiger partial charge on any atom is -0.494 e. The highest BCUT2D eigenvalue weighted by atomic mass is 19.1. The second-order valence-electron chi connectivity index (χ2n) is 5.01. The molecule has 1 rings (SSSR count). The van der Waals surface area contributed by atoms with Gasteiger partial charge in [-0.25, -0.2) is 14.0 Å². The zero-order valence-electron chi connectivity index (χ0n) is 13.3. The monoisotopic (exact) mass is 326 g/mol.